The molecule has 72 valence electrons. The van der Waals surface area contributed by atoms with Crippen molar-refractivity contribution >= 4 is 17.7 Å². The summed E-state index contributed by atoms with van der Waals surface area (Å²) in [5.74, 6) is 1.55. The molecule has 0 radical (unpaired) electrons. The van der Waals surface area contributed by atoms with Gasteiger partial charge in [-0.2, -0.15) is 0 Å². The molecule has 4 heteroatoms. The number of hydrogen-bond acceptors (Lipinski definition) is 3. The quantitative estimate of drug-likeness (QED) is 0.607. The maximum Gasteiger partial charge on any atom is 0.229 e. The first-order valence-corrected chi connectivity index (χ1v) is 5.30. The second-order valence-corrected chi connectivity index (χ2v) is 3.50. The first kappa shape index (κ1) is 11.8. The van der Waals surface area contributed by atoms with Crippen molar-refractivity contribution in [3.63, 3.8) is 0 Å². The fraction of sp³-hybridized carbons (Fsp3) is 0.875. The van der Waals surface area contributed by atoms with Crippen LogP contribution in [0.2, 0.25) is 0 Å². The number of ether oxygens (including phenoxy) is 1. The van der Waals surface area contributed by atoms with E-state index in [4.69, 9.17) is 4.74 Å². The van der Waals surface area contributed by atoms with Crippen LogP contribution in [0.25, 0.3) is 0 Å². The molecule has 0 aromatic rings. The zero-order valence-corrected chi connectivity index (χ0v) is 8.58. The van der Waals surface area contributed by atoms with Crippen LogP contribution in [-0.2, 0) is 9.53 Å². The molecule has 0 aromatic heterocycles. The number of amides is 1. The van der Waals surface area contributed by atoms with Crippen LogP contribution in [0.15, 0.2) is 0 Å². The van der Waals surface area contributed by atoms with E-state index in [-0.39, 0.29) is 5.91 Å². The highest BCUT2D eigenvalue weighted by Gasteiger charge is 1.98. The number of carbonyl (C=O) groups excluding carboxylic acids is 1. The summed E-state index contributed by atoms with van der Waals surface area (Å²) in [7, 11) is 1.66. The molecule has 3 nitrogen and oxygen atoms in total. The van der Waals surface area contributed by atoms with E-state index in [1.54, 1.807) is 18.9 Å². The van der Waals surface area contributed by atoms with E-state index in [0.717, 1.165) is 18.7 Å². The third kappa shape index (κ3) is 7.88. The Hall–Kier alpha value is -0.220. The fourth-order valence-corrected chi connectivity index (χ4v) is 1.34. The van der Waals surface area contributed by atoms with Crippen molar-refractivity contribution in [3.05, 3.63) is 0 Å². The van der Waals surface area contributed by atoms with Crippen LogP contribution in [0.1, 0.15) is 13.3 Å². The normalized spacial score (nSPS) is 9.83. The SMILES string of the molecule is CCCNC(=O)CSCCOC. The van der Waals surface area contributed by atoms with Gasteiger partial charge in [-0.25, -0.2) is 0 Å². The molecule has 0 heterocycles. The second-order valence-electron chi connectivity index (χ2n) is 2.40. The average molecular weight is 191 g/mol. The summed E-state index contributed by atoms with van der Waals surface area (Å²) in [4.78, 5) is 11.0. The Labute approximate surface area is 78.2 Å². The smallest absolute Gasteiger partial charge is 0.229 e. The van der Waals surface area contributed by atoms with Crippen molar-refractivity contribution in [1.29, 1.82) is 0 Å². The first-order valence-electron chi connectivity index (χ1n) is 4.14. The highest BCUT2D eigenvalue weighted by Crippen LogP contribution is 1.97. The minimum atomic E-state index is 0.123. The molecule has 1 amide bonds. The molecule has 0 aromatic carbocycles. The number of hydrogen-bond donors (Lipinski definition) is 1. The fourth-order valence-electron chi connectivity index (χ4n) is 0.623. The summed E-state index contributed by atoms with van der Waals surface area (Å²) in [6.07, 6.45) is 0.995. The van der Waals surface area contributed by atoms with Crippen LogP contribution in [-0.4, -0.2) is 37.7 Å². The standard InChI is InChI=1S/C8H17NO2S/c1-3-4-9-8(10)7-12-6-5-11-2/h3-7H2,1-2H3,(H,9,10). The predicted octanol–water partition coefficient (Wildman–Crippen LogP) is 0.892. The highest BCUT2D eigenvalue weighted by atomic mass is 32.2. The zero-order chi connectivity index (χ0) is 9.23. The number of thioether (sulfide) groups is 1. The molecule has 0 aliphatic carbocycles. The Bertz CT molecular complexity index is 120. The monoisotopic (exact) mass is 191 g/mol. The van der Waals surface area contributed by atoms with Gasteiger partial charge in [0, 0.05) is 19.4 Å². The molecule has 0 saturated heterocycles. The van der Waals surface area contributed by atoms with Gasteiger partial charge in [0.2, 0.25) is 5.91 Å². The summed E-state index contributed by atoms with van der Waals surface area (Å²) >= 11 is 1.60. The predicted molar refractivity (Wildman–Crippen MR) is 52.5 cm³/mol. The van der Waals surface area contributed by atoms with Crippen LogP contribution in [0.3, 0.4) is 0 Å². The number of carbonyl (C=O) groups is 1. The molecule has 0 saturated carbocycles. The van der Waals surface area contributed by atoms with Crippen molar-refractivity contribution in [3.8, 4) is 0 Å². The highest BCUT2D eigenvalue weighted by molar-refractivity contribution is 7.99. The minimum Gasteiger partial charge on any atom is -0.384 e. The molecule has 12 heavy (non-hydrogen) atoms. The lowest BCUT2D eigenvalue weighted by Gasteiger charge is -2.02. The molecule has 0 unspecified atom stereocenters. The maximum absolute atomic E-state index is 11.0. The maximum atomic E-state index is 11.0. The van der Waals surface area contributed by atoms with Gasteiger partial charge in [0.1, 0.15) is 0 Å². The molecule has 0 aliphatic heterocycles. The lowest BCUT2D eigenvalue weighted by atomic mass is 10.5. The largest absolute Gasteiger partial charge is 0.384 e. The van der Waals surface area contributed by atoms with Gasteiger partial charge < -0.3 is 10.1 Å². The van der Waals surface area contributed by atoms with Crippen molar-refractivity contribution in [2.24, 2.45) is 0 Å². The van der Waals surface area contributed by atoms with Gasteiger partial charge in [-0.1, -0.05) is 6.92 Å². The summed E-state index contributed by atoms with van der Waals surface area (Å²) in [5.41, 5.74) is 0. The lowest BCUT2D eigenvalue weighted by Crippen LogP contribution is -2.25. The van der Waals surface area contributed by atoms with Crippen molar-refractivity contribution in [2.75, 3.05) is 31.8 Å². The number of nitrogens with one attached hydrogen (secondary N) is 1. The number of methoxy groups -OCH3 is 1. The summed E-state index contributed by atoms with van der Waals surface area (Å²) in [6, 6.07) is 0. The Kier molecular flexibility index (Phi) is 8.71. The van der Waals surface area contributed by atoms with Gasteiger partial charge in [0.25, 0.3) is 0 Å². The van der Waals surface area contributed by atoms with Gasteiger partial charge in [0.15, 0.2) is 0 Å². The van der Waals surface area contributed by atoms with Gasteiger partial charge in [-0.15, -0.1) is 11.8 Å². The third-order valence-electron chi connectivity index (χ3n) is 1.24. The summed E-state index contributed by atoms with van der Waals surface area (Å²) in [6.45, 7) is 3.54. The van der Waals surface area contributed by atoms with E-state index in [0.29, 0.717) is 12.4 Å². The van der Waals surface area contributed by atoms with Crippen LogP contribution in [0.4, 0.5) is 0 Å². The van der Waals surface area contributed by atoms with Crippen molar-refractivity contribution in [1.82, 2.24) is 5.32 Å². The van der Waals surface area contributed by atoms with E-state index in [1.165, 1.54) is 0 Å². The Balaban J connectivity index is 3.08. The topological polar surface area (TPSA) is 38.3 Å². The first-order chi connectivity index (χ1) is 5.81. The second kappa shape index (κ2) is 8.87. The van der Waals surface area contributed by atoms with Crippen LogP contribution in [0, 0.1) is 0 Å². The van der Waals surface area contributed by atoms with Crippen LogP contribution in [0.5, 0.6) is 0 Å². The van der Waals surface area contributed by atoms with E-state index in [9.17, 15) is 4.79 Å². The van der Waals surface area contributed by atoms with Gasteiger partial charge in [0.05, 0.1) is 12.4 Å². The number of rotatable bonds is 7. The third-order valence-corrected chi connectivity index (χ3v) is 2.16. The summed E-state index contributed by atoms with van der Waals surface area (Å²) in [5, 5.41) is 2.81. The van der Waals surface area contributed by atoms with Crippen molar-refractivity contribution < 1.29 is 9.53 Å². The van der Waals surface area contributed by atoms with Crippen LogP contribution < -0.4 is 5.32 Å². The van der Waals surface area contributed by atoms with E-state index in [2.05, 4.69) is 5.32 Å². The van der Waals surface area contributed by atoms with Gasteiger partial charge in [-0.05, 0) is 6.42 Å². The molecule has 0 aliphatic rings. The Morgan fingerprint density at radius 2 is 2.33 bits per heavy atom. The van der Waals surface area contributed by atoms with Gasteiger partial charge >= 0.3 is 0 Å². The lowest BCUT2D eigenvalue weighted by molar-refractivity contribution is -0.118. The molecule has 0 fully saturated rings. The Morgan fingerprint density at radius 3 is 2.92 bits per heavy atom. The average Bonchev–Trinajstić information content (AvgIpc) is 2.09. The zero-order valence-electron chi connectivity index (χ0n) is 7.76. The van der Waals surface area contributed by atoms with E-state index in [1.807, 2.05) is 6.92 Å². The molecule has 0 atom stereocenters. The Morgan fingerprint density at radius 1 is 1.58 bits per heavy atom. The minimum absolute atomic E-state index is 0.123. The van der Waals surface area contributed by atoms with E-state index < -0.39 is 0 Å². The molecule has 0 bridgehead atoms. The molecular formula is C8H17NO2S. The van der Waals surface area contributed by atoms with E-state index >= 15 is 0 Å². The van der Waals surface area contributed by atoms with Crippen molar-refractivity contribution in [2.45, 2.75) is 13.3 Å². The summed E-state index contributed by atoms with van der Waals surface area (Å²) < 4.78 is 4.85. The molecule has 1 N–H and O–H groups in total. The molecular weight excluding hydrogens is 174 g/mol. The van der Waals surface area contributed by atoms with Gasteiger partial charge in [-0.3, -0.25) is 4.79 Å². The molecule has 0 rings (SSSR count). The van der Waals surface area contributed by atoms with Crippen LogP contribution >= 0.6 is 11.8 Å². The molecule has 0 spiro atoms.